The Labute approximate surface area is 94.4 Å². The quantitative estimate of drug-likeness (QED) is 0.797. The average Bonchev–Trinajstić information content (AvgIpc) is 2.10. The monoisotopic (exact) mass is 282 g/mol. The average molecular weight is 283 g/mol. The molecule has 0 spiro atoms. The van der Waals surface area contributed by atoms with Crippen molar-refractivity contribution in [3.63, 3.8) is 0 Å². The third kappa shape index (κ3) is 3.41. The molecule has 0 radical (unpaired) electrons. The Kier molecular flexibility index (Phi) is 3.65. The summed E-state index contributed by atoms with van der Waals surface area (Å²) in [6.07, 6.45) is -4.31. The Bertz CT molecular complexity index is 360. The van der Waals surface area contributed by atoms with Gasteiger partial charge in [0.15, 0.2) is 6.61 Å². The van der Waals surface area contributed by atoms with E-state index in [1.165, 1.54) is 0 Å². The molecular formula is C10H10BrF3O. The molecule has 0 fully saturated rings. The van der Waals surface area contributed by atoms with Crippen molar-refractivity contribution in [2.75, 3.05) is 6.61 Å². The van der Waals surface area contributed by atoms with Crippen molar-refractivity contribution in [2.45, 2.75) is 20.0 Å². The maximum absolute atomic E-state index is 12.0. The van der Waals surface area contributed by atoms with Gasteiger partial charge < -0.3 is 4.74 Å². The Morgan fingerprint density at radius 1 is 1.27 bits per heavy atom. The van der Waals surface area contributed by atoms with Crippen LogP contribution in [0, 0.1) is 13.8 Å². The molecule has 0 atom stereocenters. The van der Waals surface area contributed by atoms with E-state index in [0.717, 1.165) is 5.56 Å². The second-order valence-corrected chi connectivity index (χ2v) is 4.08. The minimum Gasteiger partial charge on any atom is -0.483 e. The number of hydrogen-bond acceptors (Lipinski definition) is 1. The van der Waals surface area contributed by atoms with Crippen LogP contribution in [-0.2, 0) is 0 Å². The van der Waals surface area contributed by atoms with E-state index in [9.17, 15) is 13.2 Å². The third-order valence-corrected chi connectivity index (χ3v) is 2.63. The first-order valence-corrected chi connectivity index (χ1v) is 5.06. The zero-order valence-electron chi connectivity index (χ0n) is 8.28. The first-order chi connectivity index (χ1) is 6.81. The summed E-state index contributed by atoms with van der Waals surface area (Å²) >= 11 is 3.16. The fourth-order valence-electron chi connectivity index (χ4n) is 1.09. The van der Waals surface area contributed by atoms with Crippen molar-refractivity contribution in [3.05, 3.63) is 27.7 Å². The molecule has 0 aliphatic heterocycles. The molecule has 0 N–H and O–H groups in total. The van der Waals surface area contributed by atoms with Gasteiger partial charge in [-0.25, -0.2) is 0 Å². The highest BCUT2D eigenvalue weighted by Gasteiger charge is 2.29. The number of hydrogen-bond donors (Lipinski definition) is 0. The summed E-state index contributed by atoms with van der Waals surface area (Å²) in [4.78, 5) is 0. The Balaban J connectivity index is 2.90. The Morgan fingerprint density at radius 2 is 1.87 bits per heavy atom. The molecule has 1 nitrogen and oxygen atoms in total. The van der Waals surface area contributed by atoms with Gasteiger partial charge in [-0.05, 0) is 47.0 Å². The van der Waals surface area contributed by atoms with Crippen molar-refractivity contribution >= 4 is 15.9 Å². The molecule has 0 aromatic heterocycles. The van der Waals surface area contributed by atoms with Crippen molar-refractivity contribution in [3.8, 4) is 5.75 Å². The summed E-state index contributed by atoms with van der Waals surface area (Å²) < 4.78 is 41.2. The van der Waals surface area contributed by atoms with Crippen LogP contribution in [0.3, 0.4) is 0 Å². The van der Waals surface area contributed by atoms with E-state index >= 15 is 0 Å². The SMILES string of the molecule is Cc1ccc(Br)c(OCC(F)(F)F)c1C. The van der Waals surface area contributed by atoms with E-state index in [2.05, 4.69) is 15.9 Å². The topological polar surface area (TPSA) is 9.23 Å². The molecule has 0 heterocycles. The van der Waals surface area contributed by atoms with Gasteiger partial charge >= 0.3 is 6.18 Å². The molecule has 1 aromatic rings. The van der Waals surface area contributed by atoms with E-state index in [1.807, 2.05) is 13.0 Å². The van der Waals surface area contributed by atoms with Gasteiger partial charge in [-0.1, -0.05) is 6.07 Å². The second kappa shape index (κ2) is 4.43. The summed E-state index contributed by atoms with van der Waals surface area (Å²) in [7, 11) is 0. The second-order valence-electron chi connectivity index (χ2n) is 3.22. The Morgan fingerprint density at radius 3 is 2.40 bits per heavy atom. The zero-order valence-corrected chi connectivity index (χ0v) is 9.87. The molecule has 0 bridgehead atoms. The van der Waals surface area contributed by atoms with Gasteiger partial charge in [-0.3, -0.25) is 0 Å². The van der Waals surface area contributed by atoms with Crippen molar-refractivity contribution in [2.24, 2.45) is 0 Å². The smallest absolute Gasteiger partial charge is 0.422 e. The predicted molar refractivity (Wildman–Crippen MR) is 55.2 cm³/mol. The highest BCUT2D eigenvalue weighted by molar-refractivity contribution is 9.10. The molecule has 5 heteroatoms. The number of rotatable bonds is 2. The van der Waals surface area contributed by atoms with Crippen LogP contribution >= 0.6 is 15.9 Å². The first-order valence-electron chi connectivity index (χ1n) is 4.26. The van der Waals surface area contributed by atoms with Crippen LogP contribution in [0.25, 0.3) is 0 Å². The van der Waals surface area contributed by atoms with E-state index in [1.54, 1.807) is 13.0 Å². The largest absolute Gasteiger partial charge is 0.483 e. The van der Waals surface area contributed by atoms with E-state index in [4.69, 9.17) is 4.74 Å². The van der Waals surface area contributed by atoms with E-state index in [-0.39, 0.29) is 5.75 Å². The maximum atomic E-state index is 12.0. The van der Waals surface area contributed by atoms with Crippen LogP contribution in [-0.4, -0.2) is 12.8 Å². The number of benzene rings is 1. The number of halogens is 4. The molecule has 84 valence electrons. The van der Waals surface area contributed by atoms with Crippen LogP contribution in [0.1, 0.15) is 11.1 Å². The van der Waals surface area contributed by atoms with Gasteiger partial charge in [0, 0.05) is 0 Å². The fraction of sp³-hybridized carbons (Fsp3) is 0.400. The minimum absolute atomic E-state index is 0.257. The summed E-state index contributed by atoms with van der Waals surface area (Å²) in [5.74, 6) is 0.257. The van der Waals surface area contributed by atoms with Gasteiger partial charge in [0.2, 0.25) is 0 Å². The molecule has 0 unspecified atom stereocenters. The van der Waals surface area contributed by atoms with Crippen LogP contribution in [0.15, 0.2) is 16.6 Å². The molecular weight excluding hydrogens is 273 g/mol. The van der Waals surface area contributed by atoms with Gasteiger partial charge in [0.05, 0.1) is 4.47 Å². The molecule has 0 aliphatic rings. The predicted octanol–water partition coefficient (Wildman–Crippen LogP) is 4.01. The first kappa shape index (κ1) is 12.4. The van der Waals surface area contributed by atoms with Crippen molar-refractivity contribution in [1.82, 2.24) is 0 Å². The lowest BCUT2D eigenvalue weighted by Crippen LogP contribution is -2.19. The van der Waals surface area contributed by atoms with Crippen LogP contribution in [0.5, 0.6) is 5.75 Å². The van der Waals surface area contributed by atoms with Crippen LogP contribution < -0.4 is 4.74 Å². The highest BCUT2D eigenvalue weighted by atomic mass is 79.9. The molecule has 0 saturated carbocycles. The summed E-state index contributed by atoms with van der Waals surface area (Å²) in [6.45, 7) is 2.28. The Hall–Kier alpha value is -0.710. The molecule has 0 saturated heterocycles. The summed E-state index contributed by atoms with van der Waals surface area (Å²) in [5.41, 5.74) is 1.61. The van der Waals surface area contributed by atoms with Crippen LogP contribution in [0.2, 0.25) is 0 Å². The van der Waals surface area contributed by atoms with Crippen LogP contribution in [0.4, 0.5) is 13.2 Å². The van der Waals surface area contributed by atoms with Gasteiger partial charge in [0.25, 0.3) is 0 Å². The van der Waals surface area contributed by atoms with E-state index < -0.39 is 12.8 Å². The van der Waals surface area contributed by atoms with E-state index in [0.29, 0.717) is 10.0 Å². The summed E-state index contributed by atoms with van der Waals surface area (Å²) in [5, 5.41) is 0. The lowest BCUT2D eigenvalue weighted by atomic mass is 10.1. The molecule has 1 aromatic carbocycles. The maximum Gasteiger partial charge on any atom is 0.422 e. The number of ether oxygens (including phenoxy) is 1. The molecule has 1 rings (SSSR count). The molecule has 0 amide bonds. The van der Waals surface area contributed by atoms with Gasteiger partial charge in [-0.15, -0.1) is 0 Å². The van der Waals surface area contributed by atoms with Gasteiger partial charge in [0.1, 0.15) is 5.75 Å². The summed E-state index contributed by atoms with van der Waals surface area (Å²) in [6, 6.07) is 3.49. The normalized spacial score (nSPS) is 11.6. The highest BCUT2D eigenvalue weighted by Crippen LogP contribution is 2.32. The third-order valence-electron chi connectivity index (χ3n) is 2.01. The number of aryl methyl sites for hydroxylation is 1. The standard InChI is InChI=1S/C10H10BrF3O/c1-6-3-4-8(11)9(7(6)2)15-5-10(12,13)14/h3-4H,5H2,1-2H3. The number of alkyl halides is 3. The van der Waals surface area contributed by atoms with Gasteiger partial charge in [-0.2, -0.15) is 13.2 Å². The van der Waals surface area contributed by atoms with Crippen molar-refractivity contribution < 1.29 is 17.9 Å². The van der Waals surface area contributed by atoms with Crippen molar-refractivity contribution in [1.29, 1.82) is 0 Å². The lowest BCUT2D eigenvalue weighted by molar-refractivity contribution is -0.153. The minimum atomic E-state index is -4.31. The lowest BCUT2D eigenvalue weighted by Gasteiger charge is -2.14. The molecule has 0 aliphatic carbocycles. The molecule has 15 heavy (non-hydrogen) atoms. The zero-order chi connectivity index (χ0) is 11.6. The fourth-order valence-corrected chi connectivity index (χ4v) is 1.63.